The van der Waals surface area contributed by atoms with Crippen LogP contribution in [0.25, 0.3) is 0 Å². The summed E-state index contributed by atoms with van der Waals surface area (Å²) in [6.45, 7) is 2.43. The minimum Gasteiger partial charge on any atom is -0.496 e. The summed E-state index contributed by atoms with van der Waals surface area (Å²) >= 11 is 5.61. The highest BCUT2D eigenvalue weighted by molar-refractivity contribution is 6.17. The lowest BCUT2D eigenvalue weighted by Crippen LogP contribution is -2.29. The first-order valence-corrected chi connectivity index (χ1v) is 6.30. The summed E-state index contributed by atoms with van der Waals surface area (Å²) < 4.78 is 18.6. The number of methoxy groups -OCH3 is 1. The number of alkyl halides is 1. The van der Waals surface area contributed by atoms with E-state index in [1.807, 2.05) is 6.92 Å². The summed E-state index contributed by atoms with van der Waals surface area (Å²) in [6, 6.07) is 4.29. The minimum absolute atomic E-state index is 0.0573. The number of halogens is 2. The van der Waals surface area contributed by atoms with Gasteiger partial charge in [-0.1, -0.05) is 13.0 Å². The van der Waals surface area contributed by atoms with Gasteiger partial charge in [-0.25, -0.2) is 4.39 Å². The van der Waals surface area contributed by atoms with Crippen LogP contribution < -0.4 is 10.1 Å². The van der Waals surface area contributed by atoms with Crippen molar-refractivity contribution in [2.24, 2.45) is 5.92 Å². The molecule has 100 valence electrons. The van der Waals surface area contributed by atoms with E-state index >= 15 is 0 Å². The zero-order valence-electron chi connectivity index (χ0n) is 10.5. The van der Waals surface area contributed by atoms with Gasteiger partial charge in [0.25, 0.3) is 5.91 Å². The monoisotopic (exact) mass is 273 g/mol. The second-order valence-electron chi connectivity index (χ2n) is 4.11. The van der Waals surface area contributed by atoms with E-state index in [2.05, 4.69) is 5.32 Å². The van der Waals surface area contributed by atoms with Gasteiger partial charge in [-0.3, -0.25) is 4.79 Å². The van der Waals surface area contributed by atoms with Gasteiger partial charge in [-0.2, -0.15) is 0 Å². The van der Waals surface area contributed by atoms with E-state index in [9.17, 15) is 9.18 Å². The third-order valence-electron chi connectivity index (χ3n) is 2.64. The van der Waals surface area contributed by atoms with Gasteiger partial charge in [0.15, 0.2) is 0 Å². The van der Waals surface area contributed by atoms with Gasteiger partial charge in [0.1, 0.15) is 17.1 Å². The molecule has 0 aliphatic carbocycles. The van der Waals surface area contributed by atoms with Crippen molar-refractivity contribution in [3.8, 4) is 5.75 Å². The number of rotatable bonds is 6. The lowest BCUT2D eigenvalue weighted by atomic mass is 10.1. The number of benzene rings is 1. The van der Waals surface area contributed by atoms with Gasteiger partial charge in [-0.15, -0.1) is 11.6 Å². The molecule has 0 aliphatic rings. The number of amides is 1. The summed E-state index contributed by atoms with van der Waals surface area (Å²) in [5.41, 5.74) is -0.0573. The predicted octanol–water partition coefficient (Wildman–Crippen LogP) is 2.83. The Morgan fingerprint density at radius 3 is 2.89 bits per heavy atom. The molecule has 18 heavy (non-hydrogen) atoms. The molecule has 0 heterocycles. The maximum atomic E-state index is 13.6. The Hall–Kier alpha value is -1.29. The Kier molecular flexibility index (Phi) is 5.92. The zero-order valence-corrected chi connectivity index (χ0v) is 11.3. The van der Waals surface area contributed by atoms with Crippen LogP contribution in [0.2, 0.25) is 0 Å². The van der Waals surface area contributed by atoms with Crippen molar-refractivity contribution in [3.05, 3.63) is 29.6 Å². The maximum absolute atomic E-state index is 13.6. The molecule has 3 nitrogen and oxygen atoms in total. The molecule has 1 rings (SSSR count). The molecular formula is C13H17ClFNO2. The summed E-state index contributed by atoms with van der Waals surface area (Å²) in [5.74, 6) is -0.0232. The van der Waals surface area contributed by atoms with Gasteiger partial charge >= 0.3 is 0 Å². The summed E-state index contributed by atoms with van der Waals surface area (Å²) in [6.07, 6.45) is 0.802. The van der Waals surface area contributed by atoms with Crippen LogP contribution in [-0.4, -0.2) is 25.4 Å². The van der Waals surface area contributed by atoms with Crippen LogP contribution in [0.15, 0.2) is 18.2 Å². The maximum Gasteiger partial charge on any atom is 0.258 e. The average Bonchev–Trinajstić information content (AvgIpc) is 2.36. The smallest absolute Gasteiger partial charge is 0.258 e. The first-order chi connectivity index (χ1) is 8.60. The normalized spacial score (nSPS) is 12.0. The third-order valence-corrected chi connectivity index (χ3v) is 2.85. The van der Waals surface area contributed by atoms with Crippen molar-refractivity contribution in [2.75, 3.05) is 19.5 Å². The fourth-order valence-corrected chi connectivity index (χ4v) is 1.91. The molecule has 1 atom stereocenters. The largest absolute Gasteiger partial charge is 0.496 e. The topological polar surface area (TPSA) is 38.3 Å². The predicted molar refractivity (Wildman–Crippen MR) is 69.8 cm³/mol. The molecule has 0 radical (unpaired) electrons. The van der Waals surface area contributed by atoms with Crippen molar-refractivity contribution in [2.45, 2.75) is 13.3 Å². The van der Waals surface area contributed by atoms with Crippen molar-refractivity contribution >= 4 is 17.5 Å². The van der Waals surface area contributed by atoms with E-state index in [1.54, 1.807) is 6.07 Å². The Labute approximate surface area is 111 Å². The van der Waals surface area contributed by atoms with Crippen LogP contribution in [0.4, 0.5) is 4.39 Å². The Morgan fingerprint density at radius 2 is 2.28 bits per heavy atom. The number of carbonyl (C=O) groups excluding carboxylic acids is 1. The molecule has 0 saturated heterocycles. The molecule has 0 bridgehead atoms. The number of hydrogen-bond acceptors (Lipinski definition) is 2. The SMILES string of the molecule is COc1cccc(F)c1C(=O)NCC(C)CCCl. The van der Waals surface area contributed by atoms with E-state index in [0.717, 1.165) is 6.42 Å². The van der Waals surface area contributed by atoms with Gasteiger partial charge in [0, 0.05) is 12.4 Å². The van der Waals surface area contributed by atoms with Crippen LogP contribution in [-0.2, 0) is 0 Å². The van der Waals surface area contributed by atoms with Gasteiger partial charge in [0.05, 0.1) is 7.11 Å². The third kappa shape index (κ3) is 3.88. The lowest BCUT2D eigenvalue weighted by molar-refractivity contribution is 0.0940. The highest BCUT2D eigenvalue weighted by Crippen LogP contribution is 2.20. The van der Waals surface area contributed by atoms with E-state index in [1.165, 1.54) is 19.2 Å². The standard InChI is InChI=1S/C13H17ClFNO2/c1-9(6-7-14)8-16-13(17)12-10(15)4-3-5-11(12)18-2/h3-5,9H,6-8H2,1-2H3,(H,16,17). The highest BCUT2D eigenvalue weighted by Gasteiger charge is 2.17. The van der Waals surface area contributed by atoms with Gasteiger partial charge in [-0.05, 0) is 24.5 Å². The second kappa shape index (κ2) is 7.21. The Bertz CT molecular complexity index is 412. The Morgan fingerprint density at radius 1 is 1.56 bits per heavy atom. The average molecular weight is 274 g/mol. The van der Waals surface area contributed by atoms with Crippen LogP contribution in [0.3, 0.4) is 0 Å². The molecule has 1 amide bonds. The first-order valence-electron chi connectivity index (χ1n) is 5.76. The molecule has 0 aromatic heterocycles. The van der Waals surface area contributed by atoms with E-state index in [0.29, 0.717) is 12.4 Å². The summed E-state index contributed by atoms with van der Waals surface area (Å²) in [5, 5.41) is 2.68. The fourth-order valence-electron chi connectivity index (χ4n) is 1.54. The number of ether oxygens (including phenoxy) is 1. The molecule has 0 saturated carbocycles. The van der Waals surface area contributed by atoms with E-state index in [-0.39, 0.29) is 17.2 Å². The number of carbonyl (C=O) groups is 1. The highest BCUT2D eigenvalue weighted by atomic mass is 35.5. The molecule has 5 heteroatoms. The number of hydrogen-bond donors (Lipinski definition) is 1. The molecule has 1 aromatic carbocycles. The second-order valence-corrected chi connectivity index (χ2v) is 4.49. The fraction of sp³-hybridized carbons (Fsp3) is 0.462. The molecule has 1 N–H and O–H groups in total. The van der Waals surface area contributed by atoms with Crippen LogP contribution in [0.5, 0.6) is 5.75 Å². The van der Waals surface area contributed by atoms with Gasteiger partial charge in [0.2, 0.25) is 0 Å². The van der Waals surface area contributed by atoms with Crippen molar-refractivity contribution in [1.82, 2.24) is 5.32 Å². The minimum atomic E-state index is -0.586. The molecule has 1 unspecified atom stereocenters. The summed E-state index contributed by atoms with van der Waals surface area (Å²) in [7, 11) is 1.40. The first kappa shape index (κ1) is 14.8. The van der Waals surface area contributed by atoms with Crippen molar-refractivity contribution < 1.29 is 13.9 Å². The van der Waals surface area contributed by atoms with E-state index in [4.69, 9.17) is 16.3 Å². The zero-order chi connectivity index (χ0) is 13.5. The molecule has 0 spiro atoms. The molecule has 1 aromatic rings. The van der Waals surface area contributed by atoms with Crippen molar-refractivity contribution in [1.29, 1.82) is 0 Å². The van der Waals surface area contributed by atoms with Gasteiger partial charge < -0.3 is 10.1 Å². The quantitative estimate of drug-likeness (QED) is 0.810. The van der Waals surface area contributed by atoms with Crippen molar-refractivity contribution in [3.63, 3.8) is 0 Å². The molecule has 0 fully saturated rings. The molecule has 0 aliphatic heterocycles. The van der Waals surface area contributed by atoms with Crippen LogP contribution >= 0.6 is 11.6 Å². The lowest BCUT2D eigenvalue weighted by Gasteiger charge is -2.13. The Balaban J connectivity index is 2.72. The van der Waals surface area contributed by atoms with E-state index < -0.39 is 11.7 Å². The molecular weight excluding hydrogens is 257 g/mol. The summed E-state index contributed by atoms with van der Waals surface area (Å²) in [4.78, 5) is 11.9. The van der Waals surface area contributed by atoms with Crippen LogP contribution in [0.1, 0.15) is 23.7 Å². The number of nitrogens with one attached hydrogen (secondary N) is 1. The van der Waals surface area contributed by atoms with Crippen LogP contribution in [0, 0.1) is 11.7 Å².